The molecular formula is C40H33Cl2N9O4. The number of nitrogens with one attached hydrogen (secondary N) is 3. The zero-order valence-corrected chi connectivity index (χ0v) is 31.0. The van der Waals surface area contributed by atoms with Crippen molar-refractivity contribution in [1.29, 1.82) is 5.26 Å². The van der Waals surface area contributed by atoms with Crippen molar-refractivity contribution in [3.8, 4) is 6.07 Å². The van der Waals surface area contributed by atoms with Crippen LogP contribution in [-0.4, -0.2) is 48.7 Å². The molecule has 4 amide bonds. The Hall–Kier alpha value is -6.10. The number of carbonyl (C=O) groups excluding carboxylic acids is 4. The number of nitriles is 1. The van der Waals surface area contributed by atoms with E-state index in [4.69, 9.17) is 23.2 Å². The van der Waals surface area contributed by atoms with Gasteiger partial charge < -0.3 is 16.0 Å². The lowest BCUT2D eigenvalue weighted by Gasteiger charge is -2.27. The zero-order valence-electron chi connectivity index (χ0n) is 29.5. The Labute approximate surface area is 325 Å². The van der Waals surface area contributed by atoms with E-state index in [0.717, 1.165) is 11.1 Å². The van der Waals surface area contributed by atoms with Gasteiger partial charge in [-0.25, -0.2) is 9.88 Å². The van der Waals surface area contributed by atoms with Gasteiger partial charge in [-0.1, -0.05) is 41.4 Å². The predicted molar refractivity (Wildman–Crippen MR) is 202 cm³/mol. The summed E-state index contributed by atoms with van der Waals surface area (Å²) in [5.41, 5.74) is 0.194. The van der Waals surface area contributed by atoms with Crippen molar-refractivity contribution >= 4 is 58.5 Å². The second-order valence-electron chi connectivity index (χ2n) is 14.4. The Morgan fingerprint density at radius 3 is 2.27 bits per heavy atom. The lowest BCUT2D eigenvalue weighted by atomic mass is 9.91. The van der Waals surface area contributed by atoms with E-state index in [-0.39, 0.29) is 35.8 Å². The van der Waals surface area contributed by atoms with E-state index in [9.17, 15) is 24.4 Å². The smallest absolute Gasteiger partial charge is 0.270 e. The summed E-state index contributed by atoms with van der Waals surface area (Å²) in [5, 5.41) is 18.9. The van der Waals surface area contributed by atoms with Gasteiger partial charge in [0.2, 0.25) is 11.9 Å². The van der Waals surface area contributed by atoms with Crippen molar-refractivity contribution in [2.24, 2.45) is 0 Å². The Morgan fingerprint density at radius 1 is 0.873 bits per heavy atom. The summed E-state index contributed by atoms with van der Waals surface area (Å²) in [5.74, 6) is -1.41. The first kappa shape index (κ1) is 35.9. The van der Waals surface area contributed by atoms with Gasteiger partial charge in [-0.05, 0) is 92.3 Å². The number of aromatic nitrogens is 4. The van der Waals surface area contributed by atoms with E-state index >= 15 is 0 Å². The van der Waals surface area contributed by atoms with Gasteiger partial charge in [0.05, 0.1) is 34.7 Å². The SMILES string of the molecule is C[C@@]1(Cc2ccc(C#N)cc2)C(=O)N(c2cc(Cl)cc(Cl)c2)c2ncc(C(=O)NC3(C(=O)NC4(c5cc(C(=O)NCc6cccnc6)ccn5)CC4)CC3)n21. The number of nitrogens with zero attached hydrogens (tertiary/aromatic N) is 6. The van der Waals surface area contributed by atoms with Gasteiger partial charge >= 0.3 is 0 Å². The minimum absolute atomic E-state index is 0.0852. The Morgan fingerprint density at radius 2 is 1.62 bits per heavy atom. The van der Waals surface area contributed by atoms with Crippen LogP contribution in [0.2, 0.25) is 10.0 Å². The number of halogens is 2. The van der Waals surface area contributed by atoms with Crippen molar-refractivity contribution in [3.63, 3.8) is 0 Å². The van der Waals surface area contributed by atoms with Gasteiger partial charge in [-0.3, -0.25) is 33.7 Å². The second-order valence-corrected chi connectivity index (χ2v) is 15.2. The molecule has 2 fully saturated rings. The average molecular weight is 775 g/mol. The Balaban J connectivity index is 1.03. The van der Waals surface area contributed by atoms with E-state index in [1.54, 1.807) is 90.7 Å². The summed E-state index contributed by atoms with van der Waals surface area (Å²) in [6.07, 6.45) is 8.48. The highest BCUT2D eigenvalue weighted by Gasteiger charge is 2.57. The molecule has 2 saturated carbocycles. The van der Waals surface area contributed by atoms with Crippen LogP contribution < -0.4 is 20.9 Å². The van der Waals surface area contributed by atoms with Gasteiger partial charge in [0, 0.05) is 47.2 Å². The molecular weight excluding hydrogens is 741 g/mol. The molecule has 4 heterocycles. The molecule has 0 bridgehead atoms. The van der Waals surface area contributed by atoms with Gasteiger partial charge in [0.1, 0.15) is 16.8 Å². The number of rotatable bonds is 11. The van der Waals surface area contributed by atoms with Crippen LogP contribution in [0.3, 0.4) is 0 Å². The first-order valence-electron chi connectivity index (χ1n) is 17.6. The molecule has 3 aromatic heterocycles. The fraction of sp³-hybridized carbons (Fsp3) is 0.250. The molecule has 5 aromatic rings. The minimum atomic E-state index is -1.35. The van der Waals surface area contributed by atoms with Crippen molar-refractivity contribution in [3.05, 3.63) is 135 Å². The maximum Gasteiger partial charge on any atom is 0.270 e. The summed E-state index contributed by atoms with van der Waals surface area (Å²) in [4.78, 5) is 70.1. The summed E-state index contributed by atoms with van der Waals surface area (Å²) >= 11 is 12.7. The molecule has 0 radical (unpaired) electrons. The summed E-state index contributed by atoms with van der Waals surface area (Å²) in [6.45, 7) is 2.03. The van der Waals surface area contributed by atoms with Crippen LogP contribution in [-0.2, 0) is 33.6 Å². The van der Waals surface area contributed by atoms with E-state index in [1.807, 2.05) is 6.07 Å². The van der Waals surface area contributed by atoms with Gasteiger partial charge in [0.15, 0.2) is 0 Å². The molecule has 2 aliphatic carbocycles. The standard InChI is InChI=1S/C40H33Cl2N9O4/c1-38(19-24-4-6-25(20-43)7-5-24)36(55)50(30-17-28(41)16-29(42)18-30)37-47-23-31(51(37)38)34(53)48-40(11-12-40)35(54)49-39(9-10-39)32-15-27(8-14-45-32)33(52)46-22-26-3-2-13-44-21-26/h2-8,13-18,21,23H,9-12,19,22H2,1H3,(H,46,52)(H,48,53)(H,49,54)/t38-/m1/s1. The van der Waals surface area contributed by atoms with Gasteiger partial charge in [0.25, 0.3) is 17.7 Å². The molecule has 0 unspecified atom stereocenters. The predicted octanol–water partition coefficient (Wildman–Crippen LogP) is 5.49. The number of hydrogen-bond acceptors (Lipinski definition) is 8. The van der Waals surface area contributed by atoms with Crippen molar-refractivity contribution in [2.75, 3.05) is 4.90 Å². The monoisotopic (exact) mass is 773 g/mol. The molecule has 2 aromatic carbocycles. The molecule has 1 aliphatic heterocycles. The van der Waals surface area contributed by atoms with Crippen molar-refractivity contribution in [1.82, 2.24) is 35.5 Å². The minimum Gasteiger partial charge on any atom is -0.348 e. The number of hydrogen-bond donors (Lipinski definition) is 3. The average Bonchev–Trinajstić information content (AvgIpc) is 4.09. The second kappa shape index (κ2) is 13.6. The van der Waals surface area contributed by atoms with Crippen molar-refractivity contribution < 1.29 is 19.2 Å². The van der Waals surface area contributed by atoms with Crippen LogP contribution in [0.15, 0.2) is 91.5 Å². The number of imidazole rings is 1. The molecule has 276 valence electrons. The molecule has 55 heavy (non-hydrogen) atoms. The number of benzene rings is 2. The van der Waals surface area contributed by atoms with Crippen LogP contribution in [0.5, 0.6) is 0 Å². The number of carbonyl (C=O) groups is 4. The first-order chi connectivity index (χ1) is 26.4. The summed E-state index contributed by atoms with van der Waals surface area (Å²) < 4.78 is 1.59. The summed E-state index contributed by atoms with van der Waals surface area (Å²) in [7, 11) is 0. The van der Waals surface area contributed by atoms with Crippen LogP contribution >= 0.6 is 23.2 Å². The fourth-order valence-corrected chi connectivity index (χ4v) is 7.58. The lowest BCUT2D eigenvalue weighted by Crippen LogP contribution is -2.52. The van der Waals surface area contributed by atoms with Crippen LogP contribution in [0, 0.1) is 11.3 Å². The number of amides is 4. The molecule has 1 atom stereocenters. The van der Waals surface area contributed by atoms with E-state index in [0.29, 0.717) is 64.8 Å². The highest BCUT2D eigenvalue weighted by atomic mass is 35.5. The largest absolute Gasteiger partial charge is 0.348 e. The molecule has 15 heteroatoms. The Kier molecular flexibility index (Phi) is 8.90. The third-order valence-electron chi connectivity index (χ3n) is 10.4. The van der Waals surface area contributed by atoms with E-state index < -0.39 is 22.5 Å². The van der Waals surface area contributed by atoms with Crippen molar-refractivity contribution in [2.45, 2.75) is 62.2 Å². The van der Waals surface area contributed by atoms with Crippen LogP contribution in [0.25, 0.3) is 0 Å². The first-order valence-corrected chi connectivity index (χ1v) is 18.4. The maximum absolute atomic E-state index is 14.4. The third kappa shape index (κ3) is 6.68. The quantitative estimate of drug-likeness (QED) is 0.158. The zero-order chi connectivity index (χ0) is 38.5. The Bertz CT molecular complexity index is 2400. The van der Waals surface area contributed by atoms with Gasteiger partial charge in [-0.2, -0.15) is 5.26 Å². The summed E-state index contributed by atoms with van der Waals surface area (Å²) in [6, 6.07) is 20.7. The maximum atomic E-state index is 14.4. The number of anilines is 2. The molecule has 3 N–H and O–H groups in total. The normalized spacial score (nSPS) is 18.5. The fourth-order valence-electron chi connectivity index (χ4n) is 7.07. The molecule has 3 aliphatic rings. The topological polar surface area (TPSA) is 175 Å². The molecule has 0 saturated heterocycles. The molecule has 13 nitrogen and oxygen atoms in total. The highest BCUT2D eigenvalue weighted by Crippen LogP contribution is 2.48. The molecule has 8 rings (SSSR count). The number of fused-ring (bicyclic) bond motifs is 1. The third-order valence-corrected chi connectivity index (χ3v) is 10.8. The van der Waals surface area contributed by atoms with Gasteiger partial charge in [-0.15, -0.1) is 0 Å². The highest BCUT2D eigenvalue weighted by molar-refractivity contribution is 6.35. The lowest BCUT2D eigenvalue weighted by molar-refractivity contribution is -0.125. The van der Waals surface area contributed by atoms with Crippen LogP contribution in [0.4, 0.5) is 11.6 Å². The molecule has 0 spiro atoms. The van der Waals surface area contributed by atoms with E-state index in [1.165, 1.54) is 11.1 Å². The van der Waals surface area contributed by atoms with E-state index in [2.05, 4.69) is 37.0 Å². The van der Waals surface area contributed by atoms with Crippen LogP contribution in [0.1, 0.15) is 75.8 Å². The number of pyridine rings is 2.